The number of fused-ring (bicyclic) bond motifs is 1. The van der Waals surface area contributed by atoms with Gasteiger partial charge in [-0.1, -0.05) is 11.8 Å². The standard InChI is InChI=1S/C9H10FN3O5S/c10-3-1-11-7(17)12-6(3)13-9-5(16)4(15)8(2-14,18-9)19-9/h1,4-5,14-16H,2H2,(H2,11,12,13,17)/t4-,5-,8-,9+/m0/s1. The molecule has 0 amide bonds. The first kappa shape index (κ1) is 12.8. The maximum atomic E-state index is 13.5. The van der Waals surface area contributed by atoms with Crippen LogP contribution in [0.15, 0.2) is 11.0 Å². The summed E-state index contributed by atoms with van der Waals surface area (Å²) in [6.07, 6.45) is -1.99. The zero-order chi connectivity index (χ0) is 13.8. The van der Waals surface area contributed by atoms with Crippen molar-refractivity contribution in [2.45, 2.75) is 22.2 Å². The van der Waals surface area contributed by atoms with Gasteiger partial charge in [0.2, 0.25) is 5.06 Å². The van der Waals surface area contributed by atoms with Gasteiger partial charge in [-0.15, -0.1) is 0 Å². The molecule has 0 saturated carbocycles. The zero-order valence-corrected chi connectivity index (χ0v) is 10.1. The minimum absolute atomic E-state index is 0.313. The summed E-state index contributed by atoms with van der Waals surface area (Å²) in [6.45, 7) is -0.505. The van der Waals surface area contributed by atoms with Gasteiger partial charge >= 0.3 is 5.69 Å². The van der Waals surface area contributed by atoms with E-state index in [1.54, 1.807) is 0 Å². The van der Waals surface area contributed by atoms with Gasteiger partial charge in [0.1, 0.15) is 18.0 Å². The highest BCUT2D eigenvalue weighted by atomic mass is 32.2. The highest BCUT2D eigenvalue weighted by Crippen LogP contribution is 2.63. The Kier molecular flexibility index (Phi) is 2.63. The second-order valence-corrected chi connectivity index (χ2v) is 5.77. The van der Waals surface area contributed by atoms with Crippen LogP contribution in [0, 0.1) is 5.82 Å². The molecule has 10 heteroatoms. The summed E-state index contributed by atoms with van der Waals surface area (Å²) in [7, 11) is 0. The predicted molar refractivity (Wildman–Crippen MR) is 61.7 cm³/mol. The van der Waals surface area contributed by atoms with Crippen molar-refractivity contribution >= 4 is 17.6 Å². The number of nitrogens with one attached hydrogen (secondary N) is 2. The number of aromatic nitrogens is 2. The van der Waals surface area contributed by atoms with Crippen molar-refractivity contribution < 1.29 is 24.4 Å². The van der Waals surface area contributed by atoms with Crippen LogP contribution in [0.5, 0.6) is 0 Å². The Bertz CT molecular complexity index is 575. The fourth-order valence-electron chi connectivity index (χ4n) is 2.14. The van der Waals surface area contributed by atoms with Crippen molar-refractivity contribution in [2.75, 3.05) is 11.9 Å². The van der Waals surface area contributed by atoms with Crippen molar-refractivity contribution in [3.05, 3.63) is 22.5 Å². The third kappa shape index (κ3) is 1.61. The highest BCUT2D eigenvalue weighted by Gasteiger charge is 2.75. The number of hydrogen-bond donors (Lipinski definition) is 5. The third-order valence-corrected chi connectivity index (χ3v) is 4.60. The normalized spacial score (nSPS) is 40.0. The van der Waals surface area contributed by atoms with Crippen LogP contribution in [0.25, 0.3) is 0 Å². The summed E-state index contributed by atoms with van der Waals surface area (Å²) in [5.41, 5.74) is -0.772. The molecule has 4 atom stereocenters. The zero-order valence-electron chi connectivity index (χ0n) is 9.33. The Morgan fingerprint density at radius 1 is 1.58 bits per heavy atom. The van der Waals surface area contributed by atoms with E-state index in [9.17, 15) is 19.4 Å². The monoisotopic (exact) mass is 291 g/mol. The van der Waals surface area contributed by atoms with Gasteiger partial charge in [-0.2, -0.15) is 4.98 Å². The lowest BCUT2D eigenvalue weighted by Gasteiger charge is -2.45. The first-order valence-corrected chi connectivity index (χ1v) is 6.14. The maximum absolute atomic E-state index is 13.5. The fraction of sp³-hybridized carbons (Fsp3) is 0.556. The molecule has 1 aromatic heterocycles. The molecule has 0 aliphatic carbocycles. The summed E-state index contributed by atoms with van der Waals surface area (Å²) in [4.78, 5) is 15.0. The van der Waals surface area contributed by atoms with Crippen molar-refractivity contribution in [2.24, 2.45) is 0 Å². The first-order valence-electron chi connectivity index (χ1n) is 5.33. The molecular formula is C9H10FN3O5S. The molecule has 3 aliphatic rings. The molecule has 2 bridgehead atoms. The number of anilines is 1. The second kappa shape index (κ2) is 3.90. The van der Waals surface area contributed by atoms with Crippen molar-refractivity contribution in [3.63, 3.8) is 0 Å². The van der Waals surface area contributed by atoms with E-state index in [0.717, 1.165) is 18.0 Å². The Balaban J connectivity index is 1.89. The number of halogens is 1. The van der Waals surface area contributed by atoms with Crippen LogP contribution >= 0.6 is 11.8 Å². The van der Waals surface area contributed by atoms with E-state index in [1.165, 1.54) is 0 Å². The number of nitrogens with zero attached hydrogens (tertiary/aromatic N) is 1. The molecule has 0 radical (unpaired) electrons. The Hall–Kier alpha value is -1.20. The molecule has 3 fully saturated rings. The SMILES string of the molecule is O=c1ncc(F)c(N[C@]23O[C@@](CO)(S2)[C@@H](O)[C@@H]3O)[nH]1. The number of thioether (sulfide) groups is 1. The Morgan fingerprint density at radius 2 is 2.26 bits per heavy atom. The molecule has 3 aliphatic heterocycles. The second-order valence-electron chi connectivity index (χ2n) is 4.27. The van der Waals surface area contributed by atoms with Crippen LogP contribution in [0.3, 0.4) is 0 Å². The van der Waals surface area contributed by atoms with Crippen LogP contribution in [0.1, 0.15) is 0 Å². The quantitative estimate of drug-likeness (QED) is 0.440. The van der Waals surface area contributed by atoms with E-state index in [-0.39, 0.29) is 5.82 Å². The number of aromatic amines is 1. The Labute approximate surface area is 109 Å². The predicted octanol–water partition coefficient (Wildman–Crippen LogP) is -1.84. The van der Waals surface area contributed by atoms with E-state index >= 15 is 0 Å². The molecule has 19 heavy (non-hydrogen) atoms. The van der Waals surface area contributed by atoms with Crippen LogP contribution in [-0.2, 0) is 4.74 Å². The molecule has 104 valence electrons. The van der Waals surface area contributed by atoms with Crippen molar-refractivity contribution in [1.29, 1.82) is 0 Å². The topological polar surface area (TPSA) is 128 Å². The number of ether oxygens (including phenoxy) is 1. The number of H-pyrrole nitrogens is 1. The molecule has 0 aromatic carbocycles. The molecular weight excluding hydrogens is 281 g/mol. The molecule has 4 rings (SSSR count). The molecule has 8 nitrogen and oxygen atoms in total. The Morgan fingerprint density at radius 3 is 2.84 bits per heavy atom. The number of hydrogen-bond acceptors (Lipinski definition) is 8. The average molecular weight is 291 g/mol. The summed E-state index contributed by atoms with van der Waals surface area (Å²) in [5, 5.41) is 29.7. The van der Waals surface area contributed by atoms with Gasteiger partial charge in [-0.3, -0.25) is 4.98 Å². The summed E-state index contributed by atoms with van der Waals surface area (Å²) >= 11 is 0.923. The van der Waals surface area contributed by atoms with Gasteiger partial charge in [0, 0.05) is 0 Å². The number of aliphatic hydroxyl groups is 3. The van der Waals surface area contributed by atoms with Crippen LogP contribution in [-0.4, -0.2) is 54.1 Å². The van der Waals surface area contributed by atoms with Crippen LogP contribution < -0.4 is 11.0 Å². The van der Waals surface area contributed by atoms with Gasteiger partial charge < -0.3 is 25.4 Å². The van der Waals surface area contributed by atoms with Gasteiger partial charge in [-0.25, -0.2) is 9.18 Å². The average Bonchev–Trinajstić information content (AvgIpc) is 2.66. The van der Waals surface area contributed by atoms with E-state index < -0.39 is 40.3 Å². The van der Waals surface area contributed by atoms with Gasteiger partial charge in [0.25, 0.3) is 0 Å². The smallest absolute Gasteiger partial charge is 0.346 e. The number of rotatable bonds is 3. The highest BCUT2D eigenvalue weighted by molar-refractivity contribution is 8.03. The lowest BCUT2D eigenvalue weighted by atomic mass is 10.1. The lowest BCUT2D eigenvalue weighted by molar-refractivity contribution is -0.0844. The van der Waals surface area contributed by atoms with Crippen molar-refractivity contribution in [3.8, 4) is 0 Å². The molecule has 1 aromatic rings. The van der Waals surface area contributed by atoms with E-state index in [1.807, 2.05) is 0 Å². The van der Waals surface area contributed by atoms with E-state index in [2.05, 4.69) is 15.3 Å². The minimum atomic E-state index is -1.51. The molecule has 5 N–H and O–H groups in total. The largest absolute Gasteiger partial charge is 0.392 e. The summed E-state index contributed by atoms with van der Waals surface area (Å²) in [5.74, 6) is -1.15. The fourth-order valence-corrected chi connectivity index (χ4v) is 3.61. The summed E-state index contributed by atoms with van der Waals surface area (Å²) in [6, 6.07) is 0. The third-order valence-electron chi connectivity index (χ3n) is 3.07. The number of aliphatic hydroxyl groups excluding tert-OH is 3. The van der Waals surface area contributed by atoms with Crippen molar-refractivity contribution in [1.82, 2.24) is 9.97 Å². The van der Waals surface area contributed by atoms with E-state index in [4.69, 9.17) is 9.84 Å². The summed E-state index contributed by atoms with van der Waals surface area (Å²) < 4.78 is 18.7. The molecule has 0 spiro atoms. The lowest BCUT2D eigenvalue weighted by Crippen LogP contribution is -2.55. The van der Waals surface area contributed by atoms with E-state index in [0.29, 0.717) is 0 Å². The van der Waals surface area contributed by atoms with Crippen LogP contribution in [0.4, 0.5) is 10.2 Å². The van der Waals surface area contributed by atoms with Gasteiger partial charge in [-0.05, 0) is 0 Å². The first-order chi connectivity index (χ1) is 8.92. The molecule has 4 heterocycles. The van der Waals surface area contributed by atoms with Crippen LogP contribution in [0.2, 0.25) is 0 Å². The van der Waals surface area contributed by atoms with Gasteiger partial charge in [0.15, 0.2) is 10.8 Å². The maximum Gasteiger partial charge on any atom is 0.346 e. The molecule has 0 unspecified atom stereocenters. The minimum Gasteiger partial charge on any atom is -0.392 e. The van der Waals surface area contributed by atoms with Gasteiger partial charge in [0.05, 0.1) is 12.8 Å². The molecule has 3 saturated heterocycles.